The average Bonchev–Trinajstić information content (AvgIpc) is 1.96. The van der Waals surface area contributed by atoms with Gasteiger partial charge >= 0.3 is 0 Å². The maximum atomic E-state index is 11.3. The molecule has 68 valence electrons. The molecule has 0 saturated carbocycles. The fourth-order valence-electron chi connectivity index (χ4n) is 1.60. The summed E-state index contributed by atoms with van der Waals surface area (Å²) >= 11 is 0. The summed E-state index contributed by atoms with van der Waals surface area (Å²) in [4.78, 5) is 11.3. The van der Waals surface area contributed by atoms with Gasteiger partial charge < -0.3 is 5.11 Å². The Morgan fingerprint density at radius 1 is 1.58 bits per heavy atom. The second kappa shape index (κ2) is 3.40. The predicted octanol–water partition coefficient (Wildman–Crippen LogP) is 1.54. The van der Waals surface area contributed by atoms with E-state index in [1.165, 1.54) is 0 Å². The summed E-state index contributed by atoms with van der Waals surface area (Å²) < 4.78 is 0. The van der Waals surface area contributed by atoms with Crippen LogP contribution >= 0.6 is 0 Å². The Bertz CT molecular complexity index is 216. The minimum atomic E-state index is -0.428. The van der Waals surface area contributed by atoms with E-state index in [1.807, 2.05) is 13.8 Å². The van der Waals surface area contributed by atoms with Crippen molar-refractivity contribution in [2.45, 2.75) is 33.3 Å². The quantitative estimate of drug-likeness (QED) is 0.644. The van der Waals surface area contributed by atoms with Crippen molar-refractivity contribution in [3.8, 4) is 0 Å². The highest BCUT2D eigenvalue weighted by molar-refractivity contribution is 5.95. The SMILES string of the molecule is CC1=C[C@H](O)[C@H](C(C)C)CC1=O. The molecule has 0 aromatic rings. The summed E-state index contributed by atoms with van der Waals surface area (Å²) in [6.07, 6.45) is 1.75. The molecular weight excluding hydrogens is 152 g/mol. The summed E-state index contributed by atoms with van der Waals surface area (Å²) in [5, 5.41) is 9.60. The van der Waals surface area contributed by atoms with Crippen LogP contribution in [0, 0.1) is 11.8 Å². The first kappa shape index (κ1) is 9.46. The van der Waals surface area contributed by atoms with Gasteiger partial charge in [0, 0.05) is 6.42 Å². The number of aliphatic hydroxyl groups is 1. The van der Waals surface area contributed by atoms with Gasteiger partial charge in [-0.15, -0.1) is 0 Å². The van der Waals surface area contributed by atoms with Crippen LogP contribution in [0.3, 0.4) is 0 Å². The fourth-order valence-corrected chi connectivity index (χ4v) is 1.60. The third kappa shape index (κ3) is 1.75. The van der Waals surface area contributed by atoms with Gasteiger partial charge in [0.15, 0.2) is 5.78 Å². The van der Waals surface area contributed by atoms with Crippen molar-refractivity contribution >= 4 is 5.78 Å². The molecule has 0 radical (unpaired) electrons. The number of allylic oxidation sites excluding steroid dienone is 1. The molecule has 0 spiro atoms. The van der Waals surface area contributed by atoms with Crippen molar-refractivity contribution in [1.82, 2.24) is 0 Å². The van der Waals surface area contributed by atoms with E-state index in [0.717, 1.165) is 0 Å². The first-order chi connectivity index (χ1) is 5.52. The molecule has 1 N–H and O–H groups in total. The van der Waals surface area contributed by atoms with Gasteiger partial charge in [0.25, 0.3) is 0 Å². The van der Waals surface area contributed by atoms with E-state index in [2.05, 4.69) is 0 Å². The van der Waals surface area contributed by atoms with Gasteiger partial charge in [-0.05, 0) is 30.4 Å². The Morgan fingerprint density at radius 2 is 2.17 bits per heavy atom. The Kier molecular flexibility index (Phi) is 2.68. The number of hydrogen-bond donors (Lipinski definition) is 1. The van der Waals surface area contributed by atoms with Gasteiger partial charge in [-0.25, -0.2) is 0 Å². The van der Waals surface area contributed by atoms with Crippen molar-refractivity contribution in [2.75, 3.05) is 0 Å². The standard InChI is InChI=1S/C10H16O2/c1-6(2)8-5-9(11)7(3)4-10(8)12/h4,6,8,10,12H,5H2,1-3H3/t8-,10-/m0/s1. The molecule has 2 heteroatoms. The Labute approximate surface area is 73.3 Å². The van der Waals surface area contributed by atoms with Crippen LogP contribution in [0.25, 0.3) is 0 Å². The molecule has 0 aromatic carbocycles. The lowest BCUT2D eigenvalue weighted by Gasteiger charge is -2.27. The van der Waals surface area contributed by atoms with Crippen LogP contribution in [0.1, 0.15) is 27.2 Å². The third-order valence-electron chi connectivity index (χ3n) is 2.58. The second-order valence-corrected chi connectivity index (χ2v) is 3.88. The van der Waals surface area contributed by atoms with Crippen LogP contribution in [0.5, 0.6) is 0 Å². The molecule has 1 rings (SSSR count). The molecule has 0 amide bonds. The van der Waals surface area contributed by atoms with Crippen molar-refractivity contribution in [3.05, 3.63) is 11.6 Å². The molecule has 0 aliphatic heterocycles. The minimum Gasteiger partial charge on any atom is -0.389 e. The van der Waals surface area contributed by atoms with E-state index in [-0.39, 0.29) is 11.7 Å². The number of carbonyl (C=O) groups is 1. The van der Waals surface area contributed by atoms with Gasteiger partial charge in [-0.1, -0.05) is 13.8 Å². The molecule has 0 heterocycles. The highest BCUT2D eigenvalue weighted by Crippen LogP contribution is 2.27. The molecule has 1 aliphatic rings. The minimum absolute atomic E-state index is 0.112. The van der Waals surface area contributed by atoms with Crippen molar-refractivity contribution in [2.24, 2.45) is 11.8 Å². The van der Waals surface area contributed by atoms with Crippen molar-refractivity contribution in [3.63, 3.8) is 0 Å². The number of rotatable bonds is 1. The van der Waals surface area contributed by atoms with Crippen LogP contribution in [-0.2, 0) is 4.79 Å². The molecule has 0 bridgehead atoms. The maximum absolute atomic E-state index is 11.3. The Morgan fingerprint density at radius 3 is 2.67 bits per heavy atom. The highest BCUT2D eigenvalue weighted by Gasteiger charge is 2.28. The lowest BCUT2D eigenvalue weighted by Crippen LogP contribution is -2.30. The molecule has 2 atom stereocenters. The van der Waals surface area contributed by atoms with E-state index < -0.39 is 6.10 Å². The van der Waals surface area contributed by atoms with Gasteiger partial charge in [0.1, 0.15) is 0 Å². The zero-order valence-electron chi connectivity index (χ0n) is 7.87. The summed E-state index contributed by atoms with van der Waals surface area (Å²) in [6, 6.07) is 0. The lowest BCUT2D eigenvalue weighted by atomic mass is 9.80. The lowest BCUT2D eigenvalue weighted by molar-refractivity contribution is -0.118. The molecule has 2 nitrogen and oxygen atoms in total. The van der Waals surface area contributed by atoms with Gasteiger partial charge in [-0.2, -0.15) is 0 Å². The van der Waals surface area contributed by atoms with Crippen molar-refractivity contribution in [1.29, 1.82) is 0 Å². The van der Waals surface area contributed by atoms with E-state index in [1.54, 1.807) is 13.0 Å². The summed E-state index contributed by atoms with van der Waals surface area (Å²) in [6.45, 7) is 5.84. The molecular formula is C10H16O2. The van der Waals surface area contributed by atoms with E-state index in [9.17, 15) is 9.90 Å². The van der Waals surface area contributed by atoms with Crippen LogP contribution in [-0.4, -0.2) is 17.0 Å². The smallest absolute Gasteiger partial charge is 0.158 e. The van der Waals surface area contributed by atoms with E-state index in [0.29, 0.717) is 17.9 Å². The van der Waals surface area contributed by atoms with Crippen LogP contribution in [0.2, 0.25) is 0 Å². The number of ketones is 1. The fraction of sp³-hybridized carbons (Fsp3) is 0.700. The maximum Gasteiger partial charge on any atom is 0.158 e. The largest absolute Gasteiger partial charge is 0.389 e. The van der Waals surface area contributed by atoms with Crippen LogP contribution < -0.4 is 0 Å². The first-order valence-corrected chi connectivity index (χ1v) is 4.42. The van der Waals surface area contributed by atoms with Gasteiger partial charge in [0.2, 0.25) is 0 Å². The van der Waals surface area contributed by atoms with E-state index in [4.69, 9.17) is 0 Å². The average molecular weight is 168 g/mol. The number of Topliss-reactive ketones (excluding diaryl/α,β-unsaturated/α-hetero) is 1. The Hall–Kier alpha value is -0.630. The van der Waals surface area contributed by atoms with Crippen LogP contribution in [0.15, 0.2) is 11.6 Å². The monoisotopic (exact) mass is 168 g/mol. The first-order valence-electron chi connectivity index (χ1n) is 4.42. The second-order valence-electron chi connectivity index (χ2n) is 3.88. The number of carbonyl (C=O) groups excluding carboxylic acids is 1. The highest BCUT2D eigenvalue weighted by atomic mass is 16.3. The zero-order valence-corrected chi connectivity index (χ0v) is 7.87. The summed E-state index contributed by atoms with van der Waals surface area (Å²) in [5.74, 6) is 0.661. The summed E-state index contributed by atoms with van der Waals surface area (Å²) in [7, 11) is 0. The molecule has 1 aliphatic carbocycles. The topological polar surface area (TPSA) is 37.3 Å². The Balaban J connectivity index is 2.79. The van der Waals surface area contributed by atoms with Gasteiger partial charge in [0.05, 0.1) is 6.10 Å². The van der Waals surface area contributed by atoms with E-state index >= 15 is 0 Å². The number of hydrogen-bond acceptors (Lipinski definition) is 2. The summed E-state index contributed by atoms with van der Waals surface area (Å²) in [5.41, 5.74) is 0.708. The van der Waals surface area contributed by atoms with Gasteiger partial charge in [-0.3, -0.25) is 4.79 Å². The molecule has 0 saturated heterocycles. The third-order valence-corrected chi connectivity index (χ3v) is 2.58. The number of aliphatic hydroxyl groups excluding tert-OH is 1. The normalized spacial score (nSPS) is 30.8. The van der Waals surface area contributed by atoms with Crippen molar-refractivity contribution < 1.29 is 9.90 Å². The van der Waals surface area contributed by atoms with Crippen LogP contribution in [0.4, 0.5) is 0 Å². The molecule has 12 heavy (non-hydrogen) atoms. The molecule has 0 aromatic heterocycles. The molecule has 0 fully saturated rings. The zero-order chi connectivity index (χ0) is 9.30. The molecule has 0 unspecified atom stereocenters. The predicted molar refractivity (Wildman–Crippen MR) is 47.7 cm³/mol.